The van der Waals surface area contributed by atoms with Crippen molar-refractivity contribution in [3.8, 4) is 11.6 Å². The van der Waals surface area contributed by atoms with Gasteiger partial charge in [-0.1, -0.05) is 19.4 Å². The van der Waals surface area contributed by atoms with Crippen LogP contribution < -0.4 is 19.5 Å². The maximum Gasteiger partial charge on any atom is 0.410 e. The molecule has 1 aromatic carbocycles. The molecule has 272 valence electrons. The first-order chi connectivity index (χ1) is 23.5. The summed E-state index contributed by atoms with van der Waals surface area (Å²) in [5.74, 6) is -1.54. The fourth-order valence-corrected chi connectivity index (χ4v) is 7.67. The number of carbonyl (C=O) groups is 4. The number of carbonyl (C=O) groups excluding carboxylic acids is 4. The fraction of sp³-hybridized carbons (Fsp3) is 0.571. The molecule has 5 rings (SSSR count). The van der Waals surface area contributed by atoms with Crippen molar-refractivity contribution in [3.05, 3.63) is 43.1 Å². The smallest absolute Gasteiger partial charge is 0.410 e. The van der Waals surface area contributed by atoms with Crippen LogP contribution in [-0.4, -0.2) is 102 Å². The Morgan fingerprint density at radius 1 is 1.20 bits per heavy atom. The third-order valence-corrected chi connectivity index (χ3v) is 11.1. The van der Waals surface area contributed by atoms with Crippen LogP contribution in [0.5, 0.6) is 11.6 Å². The average Bonchev–Trinajstić information content (AvgIpc) is 3.99. The molecule has 2 N–H and O–H groups in total. The van der Waals surface area contributed by atoms with Gasteiger partial charge in [-0.05, 0) is 76.1 Å². The minimum Gasteiger partial charge on any atom is -0.497 e. The first-order valence-corrected chi connectivity index (χ1v) is 18.4. The lowest BCUT2D eigenvalue weighted by Gasteiger charge is -2.34. The number of rotatable bonds is 13. The molecule has 0 radical (unpaired) electrons. The summed E-state index contributed by atoms with van der Waals surface area (Å²) in [5.41, 5.74) is -2.34. The van der Waals surface area contributed by atoms with Crippen LogP contribution in [0.25, 0.3) is 10.8 Å². The Hall–Kier alpha value is -4.40. The Morgan fingerprint density at radius 2 is 1.92 bits per heavy atom. The Morgan fingerprint density at radius 3 is 2.52 bits per heavy atom. The van der Waals surface area contributed by atoms with E-state index >= 15 is 0 Å². The van der Waals surface area contributed by atoms with Crippen molar-refractivity contribution in [2.24, 2.45) is 5.92 Å². The summed E-state index contributed by atoms with van der Waals surface area (Å²) in [7, 11) is -0.835. The van der Waals surface area contributed by atoms with Gasteiger partial charge < -0.3 is 24.4 Å². The van der Waals surface area contributed by atoms with Crippen LogP contribution in [0.2, 0.25) is 0 Å². The molecule has 2 saturated carbocycles. The van der Waals surface area contributed by atoms with Gasteiger partial charge in [0.1, 0.15) is 35.1 Å². The van der Waals surface area contributed by atoms with E-state index in [1.165, 1.54) is 22.9 Å². The van der Waals surface area contributed by atoms with Gasteiger partial charge in [0.2, 0.25) is 27.7 Å². The van der Waals surface area contributed by atoms with Gasteiger partial charge in [0.05, 0.1) is 18.9 Å². The van der Waals surface area contributed by atoms with Crippen LogP contribution in [0.1, 0.15) is 66.2 Å². The van der Waals surface area contributed by atoms with E-state index < -0.39 is 74.3 Å². The molecule has 3 fully saturated rings. The maximum absolute atomic E-state index is 14.4. The number of benzene rings is 1. The largest absolute Gasteiger partial charge is 0.497 e. The molecule has 0 spiro atoms. The number of likely N-dealkylation sites (N-methyl/N-ethyl adjacent to an activating group) is 1. The number of fused-ring (bicyclic) bond motifs is 1. The summed E-state index contributed by atoms with van der Waals surface area (Å²) in [6, 6.07) is 5.16. The highest BCUT2D eigenvalue weighted by molar-refractivity contribution is 7.91. The molecule has 50 heavy (non-hydrogen) atoms. The van der Waals surface area contributed by atoms with Gasteiger partial charge in [0.25, 0.3) is 5.91 Å². The number of hydrogen-bond donors (Lipinski definition) is 2. The van der Waals surface area contributed by atoms with Crippen molar-refractivity contribution in [3.63, 3.8) is 0 Å². The lowest BCUT2D eigenvalue weighted by atomic mass is 10.1. The molecule has 1 saturated heterocycles. The Kier molecular flexibility index (Phi) is 10.4. The predicted molar refractivity (Wildman–Crippen MR) is 185 cm³/mol. The number of methoxy groups -OCH3 is 1. The topological polar surface area (TPSA) is 174 Å². The number of aromatic nitrogens is 1. The molecule has 5 atom stereocenters. The van der Waals surface area contributed by atoms with Crippen LogP contribution in [-0.2, 0) is 29.1 Å². The molecule has 1 unspecified atom stereocenters. The molecule has 1 aliphatic heterocycles. The second-order valence-electron chi connectivity index (χ2n) is 14.3. The predicted octanol–water partition coefficient (Wildman–Crippen LogP) is 3.30. The SMILES string of the molecule is C=C[C@@H]1C[C@]1(NC(=O)[C@@H]1CC(Oc2nccc3cc(OC)ccc23)CN1C(=O)[C@H](CCC)N(C)C(=O)OC(C)(C)C)C(=O)NS(=O)(=O)C1CC1. The first-order valence-electron chi connectivity index (χ1n) is 16.9. The van der Waals surface area contributed by atoms with E-state index in [0.717, 1.165) is 5.39 Å². The molecule has 4 amide bonds. The molecular formula is C35H47N5O9S. The van der Waals surface area contributed by atoms with E-state index in [-0.39, 0.29) is 19.4 Å². The summed E-state index contributed by atoms with van der Waals surface area (Å²) in [6.07, 6.45) is 3.67. The van der Waals surface area contributed by atoms with Gasteiger partial charge in [0, 0.05) is 31.0 Å². The van der Waals surface area contributed by atoms with Gasteiger partial charge in [0.15, 0.2) is 0 Å². The second kappa shape index (κ2) is 14.1. The zero-order chi connectivity index (χ0) is 36.6. The van der Waals surface area contributed by atoms with Gasteiger partial charge >= 0.3 is 6.09 Å². The number of nitrogens with one attached hydrogen (secondary N) is 2. The Bertz CT molecular complexity index is 1770. The van der Waals surface area contributed by atoms with Crippen molar-refractivity contribution in [2.75, 3.05) is 20.7 Å². The Balaban J connectivity index is 1.44. The third kappa shape index (κ3) is 7.82. The molecule has 3 aliphatic rings. The van der Waals surface area contributed by atoms with E-state index in [0.29, 0.717) is 42.7 Å². The van der Waals surface area contributed by atoms with Gasteiger partial charge in [-0.25, -0.2) is 18.2 Å². The maximum atomic E-state index is 14.4. The summed E-state index contributed by atoms with van der Waals surface area (Å²) in [6.45, 7) is 10.8. The number of ether oxygens (including phenoxy) is 3. The first kappa shape index (κ1) is 36.9. The zero-order valence-electron chi connectivity index (χ0n) is 29.4. The van der Waals surface area contributed by atoms with Gasteiger partial charge in [-0.15, -0.1) is 6.58 Å². The number of hydrogen-bond acceptors (Lipinski definition) is 10. The zero-order valence-corrected chi connectivity index (χ0v) is 30.2. The lowest BCUT2D eigenvalue weighted by Crippen LogP contribution is -2.58. The second-order valence-corrected chi connectivity index (χ2v) is 16.2. The molecule has 0 bridgehead atoms. The molecule has 14 nitrogen and oxygen atoms in total. The van der Waals surface area contributed by atoms with Crippen molar-refractivity contribution >= 4 is 44.6 Å². The average molecular weight is 714 g/mol. The van der Waals surface area contributed by atoms with Crippen molar-refractivity contribution in [1.82, 2.24) is 24.8 Å². The standard InChI is InChI=1S/C35H47N5O9S/c1-8-10-27(39(6)33(44)49-34(3,4)5)31(42)40-20-24(48-30-26-14-11-23(47-7)17-21(26)15-16-36-30)18-28(40)29(41)37-35(19-22(35)9-2)32(43)38-50(45,46)25-12-13-25/h9,11,14-17,22,24-25,27-28H,2,8,10,12-13,18-20H2,1,3-7H3,(H,37,41)(H,38,43)/t22-,24?,27+,28+,35-/m1/s1. The van der Waals surface area contributed by atoms with Crippen molar-refractivity contribution in [1.29, 1.82) is 0 Å². The highest BCUT2D eigenvalue weighted by Gasteiger charge is 2.62. The van der Waals surface area contributed by atoms with Crippen LogP contribution in [0, 0.1) is 5.92 Å². The highest BCUT2D eigenvalue weighted by atomic mass is 32.2. The van der Waals surface area contributed by atoms with Crippen LogP contribution in [0.4, 0.5) is 4.79 Å². The molecular weight excluding hydrogens is 666 g/mol. The van der Waals surface area contributed by atoms with Gasteiger partial charge in [-0.3, -0.25) is 24.0 Å². The number of sulfonamides is 1. The number of pyridine rings is 1. The third-order valence-electron chi connectivity index (χ3n) is 9.31. The molecule has 1 aromatic heterocycles. The summed E-state index contributed by atoms with van der Waals surface area (Å²) < 4.78 is 44.7. The molecule has 2 heterocycles. The van der Waals surface area contributed by atoms with Crippen molar-refractivity contribution < 1.29 is 41.8 Å². The lowest BCUT2D eigenvalue weighted by molar-refractivity contribution is -0.143. The number of amides is 4. The Labute approximate surface area is 292 Å². The van der Waals surface area contributed by atoms with Crippen LogP contribution in [0.3, 0.4) is 0 Å². The monoisotopic (exact) mass is 713 g/mol. The van der Waals surface area contributed by atoms with Crippen LogP contribution in [0.15, 0.2) is 43.1 Å². The summed E-state index contributed by atoms with van der Waals surface area (Å²) in [4.78, 5) is 62.1. The molecule has 15 heteroatoms. The van der Waals surface area contributed by atoms with Gasteiger partial charge in [-0.2, -0.15) is 0 Å². The van der Waals surface area contributed by atoms with E-state index in [4.69, 9.17) is 14.2 Å². The van der Waals surface area contributed by atoms with E-state index in [1.807, 2.05) is 25.1 Å². The summed E-state index contributed by atoms with van der Waals surface area (Å²) >= 11 is 0. The fourth-order valence-electron chi connectivity index (χ4n) is 6.31. The summed E-state index contributed by atoms with van der Waals surface area (Å²) in [5, 5.41) is 3.67. The van der Waals surface area contributed by atoms with E-state index in [2.05, 4.69) is 21.6 Å². The van der Waals surface area contributed by atoms with Crippen LogP contribution >= 0.6 is 0 Å². The normalized spacial score (nSPS) is 23.8. The number of likely N-dealkylation sites (tertiary alicyclic amines) is 1. The van der Waals surface area contributed by atoms with E-state index in [1.54, 1.807) is 40.1 Å². The number of nitrogens with zero attached hydrogens (tertiary/aromatic N) is 3. The molecule has 2 aromatic rings. The quantitative estimate of drug-likeness (QED) is 0.293. The molecule has 2 aliphatic carbocycles. The van der Waals surface area contributed by atoms with E-state index in [9.17, 15) is 27.6 Å². The minimum absolute atomic E-state index is 0.0202. The van der Waals surface area contributed by atoms with Crippen molar-refractivity contribution in [2.45, 2.75) is 101 Å². The highest BCUT2D eigenvalue weighted by Crippen LogP contribution is 2.45. The minimum atomic E-state index is -3.89.